The summed E-state index contributed by atoms with van der Waals surface area (Å²) < 4.78 is 34.1. The van der Waals surface area contributed by atoms with Crippen molar-refractivity contribution in [3.8, 4) is 0 Å². The SMILES string of the molecule is C=C(C)C(=O)OC1(C(C)C)C2CC3CC(C2)CC1C3.C=C(C)C(=O)OC1(C)CCCC1.C=C(C)C(=O)OC1(CC)C2CC3CC(C2)CC1C3.C=C(C)C(=O)OC1(CC)CCCC1.C=C(C)C(=O)OC12CC3CC(CC(O)(C3)C1)C2.C=C(C)C(=O)OC12CC3CC(O)(CC(O)(C3)C1)C2. The first kappa shape index (κ1) is 76.3. The number of rotatable bonds is 15. The molecule has 0 aromatic heterocycles. The number of hydrogen-bond acceptors (Lipinski definition) is 15. The molecule has 18 fully saturated rings. The van der Waals surface area contributed by atoms with Crippen LogP contribution < -0.4 is 0 Å². The summed E-state index contributed by atoms with van der Waals surface area (Å²) in [5.74, 6) is 6.23. The van der Waals surface area contributed by atoms with Gasteiger partial charge in [0.25, 0.3) is 0 Å². The summed E-state index contributed by atoms with van der Waals surface area (Å²) in [6, 6.07) is 0. The summed E-state index contributed by atoms with van der Waals surface area (Å²) in [7, 11) is 0. The Balaban J connectivity index is 0.000000137. The molecule has 0 aliphatic heterocycles. The summed E-state index contributed by atoms with van der Waals surface area (Å²) >= 11 is 0. The summed E-state index contributed by atoms with van der Waals surface area (Å²) in [4.78, 5) is 70.1. The number of esters is 6. The highest BCUT2D eigenvalue weighted by Gasteiger charge is 2.66. The molecule has 0 spiro atoms. The van der Waals surface area contributed by atoms with Crippen molar-refractivity contribution in [2.45, 2.75) is 332 Å². The smallest absolute Gasteiger partial charge is 0.333 e. The fourth-order valence-electron chi connectivity index (χ4n) is 23.0. The van der Waals surface area contributed by atoms with E-state index >= 15 is 0 Å². The molecule has 542 valence electrons. The quantitative estimate of drug-likeness (QED) is 0.0789. The lowest BCUT2D eigenvalue weighted by Crippen LogP contribution is -2.66. The van der Waals surface area contributed by atoms with Gasteiger partial charge in [0.05, 0.1) is 16.8 Å². The van der Waals surface area contributed by atoms with Crippen LogP contribution in [0.3, 0.4) is 0 Å². The van der Waals surface area contributed by atoms with Crippen LogP contribution in [0.5, 0.6) is 0 Å². The maximum atomic E-state index is 12.1. The lowest BCUT2D eigenvalue weighted by atomic mass is 9.47. The minimum absolute atomic E-state index is 0.163. The highest BCUT2D eigenvalue weighted by atomic mass is 16.6. The van der Waals surface area contributed by atoms with Gasteiger partial charge in [-0.3, -0.25) is 0 Å². The van der Waals surface area contributed by atoms with E-state index in [1.165, 1.54) is 96.3 Å². The molecule has 0 radical (unpaired) electrons. The maximum absolute atomic E-state index is 12.1. The topological polar surface area (TPSA) is 218 Å². The fraction of sp³-hybridized carbons (Fsp3) is 0.780. The van der Waals surface area contributed by atoms with E-state index in [2.05, 4.69) is 67.2 Å². The van der Waals surface area contributed by atoms with Crippen LogP contribution in [-0.2, 0) is 57.2 Å². The lowest BCUT2D eigenvalue weighted by Gasteiger charge is -2.62. The van der Waals surface area contributed by atoms with Gasteiger partial charge >= 0.3 is 35.8 Å². The standard InChI is InChI=1S/C17H26O2.C16H24O2.C14H20O4.C14H20O3.C11H18O2.C10H16O2/c1-10(2)16(18)19-17(11(3)4)14-6-12-5-13(8-14)9-15(17)7-12;1-4-16(18-15(17)10(2)3)13-6-11-5-12(8-13)9-14(16)7-11;1-9(2)11(15)18-14-5-10-3-12(16,7-14)6-13(17,4-10)8-14;1-9(2)12(15)17-14-6-10-3-11(7-14)5-13(16,4-10)8-14;1-4-11(7-5-6-8-11)13-10(12)9(2)3;1-8(2)9(11)12-10(3)6-4-5-7-10/h11-15H,1,5-9H2,2-4H3;11-14H,2,4-9H2,1,3H3;10,16-17H,1,3-8H2,2H3;10-11,16H,1,3-8H2,2H3;2,4-8H2,1,3H3;1,4-7H2,2-3H3. The molecule has 4 unspecified atom stereocenters. The van der Waals surface area contributed by atoms with Gasteiger partial charge in [-0.2, -0.15) is 0 Å². The van der Waals surface area contributed by atoms with Crippen LogP contribution in [0, 0.1) is 71.0 Å². The normalized spacial score (nSPS) is 39.4. The fourth-order valence-corrected chi connectivity index (χ4v) is 23.0. The van der Waals surface area contributed by atoms with Gasteiger partial charge in [0.1, 0.15) is 33.6 Å². The molecule has 18 aliphatic rings. The first-order valence-electron chi connectivity index (χ1n) is 37.7. The van der Waals surface area contributed by atoms with Gasteiger partial charge in [-0.25, -0.2) is 28.8 Å². The zero-order valence-electron chi connectivity index (χ0n) is 61.5. The first-order chi connectivity index (χ1) is 45.2. The van der Waals surface area contributed by atoms with Crippen LogP contribution in [0.2, 0.25) is 0 Å². The van der Waals surface area contributed by atoms with Crippen LogP contribution in [0.15, 0.2) is 72.9 Å². The number of ether oxygens (including phenoxy) is 6. The maximum Gasteiger partial charge on any atom is 0.333 e. The predicted octanol–water partition coefficient (Wildman–Crippen LogP) is 16.4. The summed E-state index contributed by atoms with van der Waals surface area (Å²) in [6.45, 7) is 42.8. The van der Waals surface area contributed by atoms with Gasteiger partial charge in [0, 0.05) is 59.1 Å². The Bertz CT molecular complexity index is 2950. The van der Waals surface area contributed by atoms with E-state index in [4.69, 9.17) is 28.4 Å². The molecule has 18 aliphatic carbocycles. The van der Waals surface area contributed by atoms with E-state index in [9.17, 15) is 44.1 Å². The summed E-state index contributed by atoms with van der Waals surface area (Å²) in [6.07, 6.45) is 32.7. The van der Waals surface area contributed by atoms with Crippen molar-refractivity contribution >= 4 is 35.8 Å². The molecule has 4 atom stereocenters. The highest BCUT2D eigenvalue weighted by molar-refractivity contribution is 5.89. The van der Waals surface area contributed by atoms with Crippen LogP contribution in [0.1, 0.15) is 282 Å². The van der Waals surface area contributed by atoms with Crippen LogP contribution in [0.25, 0.3) is 0 Å². The molecule has 16 bridgehead atoms. The highest BCUT2D eigenvalue weighted by Crippen LogP contribution is 2.65. The Labute approximate surface area is 581 Å². The monoisotopic (exact) mass is 1350 g/mol. The second-order valence-electron chi connectivity index (χ2n) is 35.4. The molecule has 3 N–H and O–H groups in total. The Morgan fingerprint density at radius 3 is 1.08 bits per heavy atom. The average molecular weight is 1350 g/mol. The minimum Gasteiger partial charge on any atom is -0.456 e. The Morgan fingerprint density at radius 1 is 0.371 bits per heavy atom. The number of aliphatic hydroxyl groups is 3. The molecule has 18 saturated carbocycles. The van der Waals surface area contributed by atoms with E-state index < -0.39 is 34.0 Å². The molecule has 0 saturated heterocycles. The molecule has 0 aromatic carbocycles. The molecule has 0 heterocycles. The zero-order chi connectivity index (χ0) is 71.2. The third kappa shape index (κ3) is 17.0. The first-order valence-corrected chi connectivity index (χ1v) is 37.7. The van der Waals surface area contributed by atoms with Gasteiger partial charge in [-0.15, -0.1) is 0 Å². The third-order valence-corrected chi connectivity index (χ3v) is 26.1. The molecule has 15 nitrogen and oxygen atoms in total. The summed E-state index contributed by atoms with van der Waals surface area (Å²) in [5.41, 5.74) is -1.23. The molecule has 15 heteroatoms. The number of hydrogen-bond donors (Lipinski definition) is 3. The lowest BCUT2D eigenvalue weighted by molar-refractivity contribution is -0.260. The largest absolute Gasteiger partial charge is 0.456 e. The van der Waals surface area contributed by atoms with Crippen LogP contribution in [-0.4, -0.2) is 102 Å². The molecular weight excluding hydrogens is 1220 g/mol. The molecule has 97 heavy (non-hydrogen) atoms. The van der Waals surface area contributed by atoms with E-state index in [1.54, 1.807) is 41.5 Å². The van der Waals surface area contributed by atoms with Crippen molar-refractivity contribution in [3.63, 3.8) is 0 Å². The Kier molecular flexibility index (Phi) is 23.0. The third-order valence-electron chi connectivity index (χ3n) is 26.1. The number of carbonyl (C=O) groups excluding carboxylic acids is 6. The van der Waals surface area contributed by atoms with Crippen molar-refractivity contribution in [1.29, 1.82) is 0 Å². The minimum atomic E-state index is -0.858. The van der Waals surface area contributed by atoms with Crippen LogP contribution in [0.4, 0.5) is 0 Å². The number of carbonyl (C=O) groups is 6. The van der Waals surface area contributed by atoms with Gasteiger partial charge in [-0.1, -0.05) is 67.2 Å². The van der Waals surface area contributed by atoms with Crippen molar-refractivity contribution in [2.75, 3.05) is 0 Å². The van der Waals surface area contributed by atoms with Gasteiger partial charge in [-0.05, 0) is 299 Å². The average Bonchev–Trinajstić information content (AvgIpc) is 1.05. The van der Waals surface area contributed by atoms with E-state index in [0.29, 0.717) is 101 Å². The van der Waals surface area contributed by atoms with E-state index in [-0.39, 0.29) is 58.2 Å². The second-order valence-corrected chi connectivity index (χ2v) is 35.4. The zero-order valence-corrected chi connectivity index (χ0v) is 61.5. The van der Waals surface area contributed by atoms with Crippen molar-refractivity contribution in [1.82, 2.24) is 0 Å². The van der Waals surface area contributed by atoms with E-state index in [0.717, 1.165) is 107 Å². The predicted molar refractivity (Wildman–Crippen MR) is 375 cm³/mol. The molecule has 0 aromatic rings. The summed E-state index contributed by atoms with van der Waals surface area (Å²) in [5, 5.41) is 31.5. The molecule has 18 rings (SSSR count). The van der Waals surface area contributed by atoms with Crippen molar-refractivity contribution in [3.05, 3.63) is 72.9 Å². The second kappa shape index (κ2) is 29.2. The Morgan fingerprint density at radius 2 is 0.701 bits per heavy atom. The van der Waals surface area contributed by atoms with Crippen molar-refractivity contribution in [2.24, 2.45) is 71.0 Å². The van der Waals surface area contributed by atoms with Crippen LogP contribution >= 0.6 is 0 Å². The van der Waals surface area contributed by atoms with Gasteiger partial charge < -0.3 is 43.7 Å². The Hall–Kier alpha value is -4.86. The molecule has 0 amide bonds. The van der Waals surface area contributed by atoms with Crippen molar-refractivity contribution < 1.29 is 72.5 Å². The molecular formula is C82H124O15. The van der Waals surface area contributed by atoms with Gasteiger partial charge in [0.2, 0.25) is 0 Å². The van der Waals surface area contributed by atoms with E-state index in [1.807, 2.05) is 6.92 Å². The van der Waals surface area contributed by atoms with Gasteiger partial charge in [0.15, 0.2) is 0 Å².